The zero-order valence-corrected chi connectivity index (χ0v) is 15.4. The second kappa shape index (κ2) is 6.92. The molecule has 0 unspecified atom stereocenters. The van der Waals surface area contributed by atoms with Gasteiger partial charge in [0.25, 0.3) is 0 Å². The maximum Gasteiger partial charge on any atom is 0.223 e. The van der Waals surface area contributed by atoms with Gasteiger partial charge in [0.2, 0.25) is 5.91 Å². The van der Waals surface area contributed by atoms with Gasteiger partial charge in [0, 0.05) is 17.8 Å². The van der Waals surface area contributed by atoms with Gasteiger partial charge in [-0.1, -0.05) is 12.1 Å². The van der Waals surface area contributed by atoms with Gasteiger partial charge in [-0.15, -0.1) is 11.3 Å². The van der Waals surface area contributed by atoms with E-state index in [2.05, 4.69) is 9.97 Å². The normalized spacial score (nSPS) is 13.7. The van der Waals surface area contributed by atoms with Crippen molar-refractivity contribution in [3.8, 4) is 5.75 Å². The molecule has 3 aromatic rings. The number of ether oxygens (including phenoxy) is 1. The van der Waals surface area contributed by atoms with Crippen LogP contribution in [-0.2, 0) is 24.2 Å². The molecule has 1 aliphatic rings. The number of anilines is 1. The molecule has 1 amide bonds. The third-order valence-electron chi connectivity index (χ3n) is 4.81. The molecule has 0 saturated heterocycles. The Hall–Kier alpha value is -2.67. The van der Waals surface area contributed by atoms with Gasteiger partial charge in [0.15, 0.2) is 0 Å². The molecule has 0 aliphatic carbocycles. The Balaban J connectivity index is 1.44. The smallest absolute Gasteiger partial charge is 0.223 e. The summed E-state index contributed by atoms with van der Waals surface area (Å²) in [4.78, 5) is 25.1. The minimum Gasteiger partial charge on any atom is -0.497 e. The zero-order valence-electron chi connectivity index (χ0n) is 14.6. The van der Waals surface area contributed by atoms with Gasteiger partial charge >= 0.3 is 0 Å². The molecule has 2 N–H and O–H groups in total. The molecule has 3 heterocycles. The molecule has 2 aromatic heterocycles. The summed E-state index contributed by atoms with van der Waals surface area (Å²) < 4.78 is 5.16. The molecule has 134 valence electrons. The van der Waals surface area contributed by atoms with E-state index in [4.69, 9.17) is 10.5 Å². The number of aryl methyl sites for hydroxylation is 1. The molecule has 26 heavy (non-hydrogen) atoms. The second-order valence-corrected chi connectivity index (χ2v) is 7.44. The lowest BCUT2D eigenvalue weighted by molar-refractivity contribution is -0.132. The van der Waals surface area contributed by atoms with Crippen LogP contribution >= 0.6 is 11.3 Å². The van der Waals surface area contributed by atoms with E-state index >= 15 is 0 Å². The molecule has 4 rings (SSSR count). The van der Waals surface area contributed by atoms with E-state index in [0.29, 0.717) is 25.3 Å². The number of hydrogen-bond donors (Lipinski definition) is 1. The molecule has 0 fully saturated rings. The van der Waals surface area contributed by atoms with Crippen LogP contribution in [0, 0.1) is 0 Å². The highest BCUT2D eigenvalue weighted by Gasteiger charge is 2.25. The van der Waals surface area contributed by atoms with Crippen molar-refractivity contribution in [3.05, 3.63) is 46.6 Å². The standard InChI is InChI=1S/C19H20N4O2S/c1-25-13-5-2-12(3-6-13)4-7-16(24)23-9-8-14-15(10-23)26-19-17(14)18(20)21-11-22-19/h2-3,5-6,11H,4,7-10H2,1H3,(H2,20,21,22). The van der Waals surface area contributed by atoms with Gasteiger partial charge in [-0.3, -0.25) is 4.79 Å². The lowest BCUT2D eigenvalue weighted by Gasteiger charge is -2.27. The second-order valence-electron chi connectivity index (χ2n) is 6.36. The van der Waals surface area contributed by atoms with E-state index in [1.165, 1.54) is 16.8 Å². The number of methoxy groups -OCH3 is 1. The highest BCUT2D eigenvalue weighted by atomic mass is 32.1. The van der Waals surface area contributed by atoms with Gasteiger partial charge in [-0.25, -0.2) is 9.97 Å². The predicted octanol–water partition coefficient (Wildman–Crippen LogP) is 2.80. The van der Waals surface area contributed by atoms with Gasteiger partial charge in [-0.05, 0) is 36.1 Å². The van der Waals surface area contributed by atoms with Crippen LogP contribution in [0.4, 0.5) is 5.82 Å². The van der Waals surface area contributed by atoms with E-state index in [0.717, 1.165) is 34.4 Å². The number of hydrogen-bond acceptors (Lipinski definition) is 6. The van der Waals surface area contributed by atoms with E-state index in [1.54, 1.807) is 18.4 Å². The Labute approximate surface area is 155 Å². The largest absolute Gasteiger partial charge is 0.497 e. The molecule has 0 bridgehead atoms. The lowest BCUT2D eigenvalue weighted by Crippen LogP contribution is -2.35. The molecule has 0 radical (unpaired) electrons. The molecular weight excluding hydrogens is 348 g/mol. The third-order valence-corrected chi connectivity index (χ3v) is 5.93. The van der Waals surface area contributed by atoms with Gasteiger partial charge < -0.3 is 15.4 Å². The molecule has 1 aliphatic heterocycles. The van der Waals surface area contributed by atoms with Crippen molar-refractivity contribution in [2.75, 3.05) is 19.4 Å². The Morgan fingerprint density at radius 3 is 2.88 bits per heavy atom. The quantitative estimate of drug-likeness (QED) is 0.766. The summed E-state index contributed by atoms with van der Waals surface area (Å²) in [6.45, 7) is 1.35. The van der Waals surface area contributed by atoms with Crippen LogP contribution in [0.3, 0.4) is 0 Å². The number of carbonyl (C=O) groups is 1. The predicted molar refractivity (Wildman–Crippen MR) is 102 cm³/mol. The van der Waals surface area contributed by atoms with Gasteiger partial charge in [0.1, 0.15) is 22.7 Å². The highest BCUT2D eigenvalue weighted by molar-refractivity contribution is 7.19. The number of aromatic nitrogens is 2. The summed E-state index contributed by atoms with van der Waals surface area (Å²) in [6, 6.07) is 7.87. The van der Waals surface area contributed by atoms with Crippen LogP contribution in [-0.4, -0.2) is 34.4 Å². The summed E-state index contributed by atoms with van der Waals surface area (Å²) in [5.41, 5.74) is 8.37. The van der Waals surface area contributed by atoms with Crippen molar-refractivity contribution in [2.45, 2.75) is 25.8 Å². The van der Waals surface area contributed by atoms with E-state index in [9.17, 15) is 4.79 Å². The first kappa shape index (κ1) is 16.8. The van der Waals surface area contributed by atoms with E-state index in [-0.39, 0.29) is 5.91 Å². The van der Waals surface area contributed by atoms with Crippen LogP contribution in [0.1, 0.15) is 22.4 Å². The van der Waals surface area contributed by atoms with Gasteiger partial charge in [-0.2, -0.15) is 0 Å². The zero-order chi connectivity index (χ0) is 18.1. The monoisotopic (exact) mass is 368 g/mol. The Morgan fingerprint density at radius 1 is 1.31 bits per heavy atom. The fourth-order valence-corrected chi connectivity index (χ4v) is 4.58. The molecule has 0 saturated carbocycles. The molecule has 7 heteroatoms. The minimum atomic E-state index is 0.183. The number of carbonyl (C=O) groups excluding carboxylic acids is 1. The number of nitrogen functional groups attached to an aromatic ring is 1. The molecule has 0 atom stereocenters. The number of benzene rings is 1. The number of amides is 1. The average molecular weight is 368 g/mol. The summed E-state index contributed by atoms with van der Waals surface area (Å²) >= 11 is 1.61. The Morgan fingerprint density at radius 2 is 2.12 bits per heavy atom. The van der Waals surface area contributed by atoms with Crippen molar-refractivity contribution in [1.29, 1.82) is 0 Å². The fourth-order valence-electron chi connectivity index (χ4n) is 3.37. The van der Waals surface area contributed by atoms with Crippen LogP contribution in [0.25, 0.3) is 10.2 Å². The number of nitrogens with two attached hydrogens (primary N) is 1. The number of fused-ring (bicyclic) bond motifs is 3. The molecule has 6 nitrogen and oxygen atoms in total. The van der Waals surface area contributed by atoms with Crippen molar-refractivity contribution in [3.63, 3.8) is 0 Å². The minimum absolute atomic E-state index is 0.183. The topological polar surface area (TPSA) is 81.3 Å². The summed E-state index contributed by atoms with van der Waals surface area (Å²) in [6.07, 6.45) is 3.55. The first-order valence-electron chi connectivity index (χ1n) is 8.57. The maximum atomic E-state index is 12.6. The average Bonchev–Trinajstić information content (AvgIpc) is 3.05. The van der Waals surface area contributed by atoms with Crippen molar-refractivity contribution in [1.82, 2.24) is 14.9 Å². The molecule has 0 spiro atoms. The van der Waals surface area contributed by atoms with Crippen LogP contribution in [0.5, 0.6) is 5.75 Å². The third kappa shape index (κ3) is 3.10. The summed E-state index contributed by atoms with van der Waals surface area (Å²) in [5.74, 6) is 1.55. The SMILES string of the molecule is COc1ccc(CCC(=O)N2CCc3c(sc4ncnc(N)c34)C2)cc1. The molecule has 1 aromatic carbocycles. The summed E-state index contributed by atoms with van der Waals surface area (Å²) in [7, 11) is 1.65. The van der Waals surface area contributed by atoms with E-state index < -0.39 is 0 Å². The Kier molecular flexibility index (Phi) is 4.46. The van der Waals surface area contributed by atoms with Crippen molar-refractivity contribution < 1.29 is 9.53 Å². The summed E-state index contributed by atoms with van der Waals surface area (Å²) in [5, 5.41) is 0.970. The fraction of sp³-hybridized carbons (Fsp3) is 0.316. The van der Waals surface area contributed by atoms with Crippen LogP contribution < -0.4 is 10.5 Å². The van der Waals surface area contributed by atoms with Crippen LogP contribution in [0.15, 0.2) is 30.6 Å². The number of nitrogens with zero attached hydrogens (tertiary/aromatic N) is 3. The maximum absolute atomic E-state index is 12.6. The lowest BCUT2D eigenvalue weighted by atomic mass is 10.0. The first-order valence-corrected chi connectivity index (χ1v) is 9.39. The van der Waals surface area contributed by atoms with Crippen molar-refractivity contribution in [2.24, 2.45) is 0 Å². The molecular formula is C19H20N4O2S. The first-order chi connectivity index (χ1) is 12.7. The number of thiophene rings is 1. The van der Waals surface area contributed by atoms with Crippen molar-refractivity contribution >= 4 is 33.3 Å². The van der Waals surface area contributed by atoms with Gasteiger partial charge in [0.05, 0.1) is 19.0 Å². The van der Waals surface area contributed by atoms with Crippen LogP contribution in [0.2, 0.25) is 0 Å². The highest BCUT2D eigenvalue weighted by Crippen LogP contribution is 2.36. The Bertz CT molecular complexity index is 952. The van der Waals surface area contributed by atoms with E-state index in [1.807, 2.05) is 29.2 Å². The number of rotatable bonds is 4.